The van der Waals surface area contributed by atoms with Gasteiger partial charge in [0, 0.05) is 54.8 Å². The summed E-state index contributed by atoms with van der Waals surface area (Å²) >= 11 is 0. The first-order valence-corrected chi connectivity index (χ1v) is 24.9. The molecule has 0 radical (unpaired) electrons. The Morgan fingerprint density at radius 3 is 0.986 bits per heavy atom. The van der Waals surface area contributed by atoms with Gasteiger partial charge in [-0.05, 0) is 116 Å². The highest BCUT2D eigenvalue weighted by Crippen LogP contribution is 2.64. The van der Waals surface area contributed by atoms with Crippen LogP contribution in [0, 0.1) is 0 Å². The van der Waals surface area contributed by atoms with E-state index < -0.39 is 5.41 Å². The fourth-order valence-electron chi connectivity index (χ4n) is 12.8. The van der Waals surface area contributed by atoms with Gasteiger partial charge in [-0.3, -0.25) is 0 Å². The molecule has 16 rings (SSSR count). The number of fused-ring (bicyclic) bond motifs is 19. The quantitative estimate of drug-likeness (QED) is 0.172. The van der Waals surface area contributed by atoms with E-state index in [1.54, 1.807) is 0 Å². The summed E-state index contributed by atoms with van der Waals surface area (Å²) in [7, 11) is 0. The van der Waals surface area contributed by atoms with E-state index in [1.165, 1.54) is 88.1 Å². The lowest BCUT2D eigenvalue weighted by molar-refractivity contribution is 0.447. The third-order valence-corrected chi connectivity index (χ3v) is 16.0. The molecule has 2 aliphatic rings. The Morgan fingerprint density at radius 2 is 0.597 bits per heavy atom. The molecule has 0 N–H and O–H groups in total. The van der Waals surface area contributed by atoms with Gasteiger partial charge in [-0.1, -0.05) is 194 Å². The first-order valence-electron chi connectivity index (χ1n) is 24.9. The maximum Gasteiger partial charge on any atom is 0.140 e. The molecule has 1 aliphatic carbocycles. The second kappa shape index (κ2) is 14.8. The van der Waals surface area contributed by atoms with Gasteiger partial charge in [0.25, 0.3) is 0 Å². The number of aromatic nitrogens is 2. The zero-order chi connectivity index (χ0) is 47.1. The number of hydrogen-bond donors (Lipinski definition) is 0. The Hall–Kier alpha value is -9.44. The van der Waals surface area contributed by atoms with Gasteiger partial charge in [0.2, 0.25) is 0 Å². The summed E-state index contributed by atoms with van der Waals surface area (Å²) in [5.41, 5.74) is 18.4. The summed E-state index contributed by atoms with van der Waals surface area (Å²) in [6.45, 7) is 0. The fourth-order valence-corrected chi connectivity index (χ4v) is 12.8. The molecule has 334 valence electrons. The van der Waals surface area contributed by atoms with E-state index >= 15 is 0 Å². The van der Waals surface area contributed by atoms with Crippen molar-refractivity contribution in [1.29, 1.82) is 0 Å². The van der Waals surface area contributed by atoms with Gasteiger partial charge in [0.15, 0.2) is 0 Å². The van der Waals surface area contributed by atoms with Gasteiger partial charge < -0.3 is 13.9 Å². The minimum absolute atomic E-state index is 0.709. The average molecular weight is 915 g/mol. The monoisotopic (exact) mass is 914 g/mol. The van der Waals surface area contributed by atoms with Crippen molar-refractivity contribution in [2.75, 3.05) is 0 Å². The SMILES string of the molecule is c1ccc2c3c(ccc2c1)C1(c2cc(-c4ccc(-n5c6ccccc6c6ccccc65)cc4)ccc2-c2ccc(-c4ccc(-n5c6ccccc6c6ccccc65)cc4)cc21)c1ccc2ccccc2c1O3. The number of benzene rings is 12. The average Bonchev–Trinajstić information content (AvgIpc) is 4.07. The maximum atomic E-state index is 7.37. The van der Waals surface area contributed by atoms with Crippen LogP contribution in [0.2, 0.25) is 0 Å². The van der Waals surface area contributed by atoms with Crippen molar-refractivity contribution in [3.63, 3.8) is 0 Å². The van der Waals surface area contributed by atoms with E-state index in [0.29, 0.717) is 0 Å². The molecule has 3 heterocycles. The van der Waals surface area contributed by atoms with E-state index in [2.05, 4.69) is 264 Å². The van der Waals surface area contributed by atoms with Gasteiger partial charge in [-0.15, -0.1) is 0 Å². The van der Waals surface area contributed by atoms with Crippen LogP contribution in [0.1, 0.15) is 22.3 Å². The van der Waals surface area contributed by atoms with Crippen LogP contribution in [0.4, 0.5) is 0 Å². The molecule has 0 amide bonds. The van der Waals surface area contributed by atoms with Gasteiger partial charge in [-0.2, -0.15) is 0 Å². The molecule has 3 nitrogen and oxygen atoms in total. The third-order valence-electron chi connectivity index (χ3n) is 16.0. The molecule has 0 atom stereocenters. The van der Waals surface area contributed by atoms with Crippen molar-refractivity contribution >= 4 is 65.2 Å². The molecule has 1 spiro atoms. The Morgan fingerprint density at radius 1 is 0.264 bits per heavy atom. The molecular weight excluding hydrogens is 873 g/mol. The summed E-state index contributed by atoms with van der Waals surface area (Å²) in [4.78, 5) is 0. The van der Waals surface area contributed by atoms with Gasteiger partial charge in [0.05, 0.1) is 27.5 Å². The van der Waals surface area contributed by atoms with Crippen LogP contribution >= 0.6 is 0 Å². The van der Waals surface area contributed by atoms with Crippen molar-refractivity contribution in [1.82, 2.24) is 9.13 Å². The minimum Gasteiger partial charge on any atom is -0.455 e. The Kier molecular flexibility index (Phi) is 8.09. The molecule has 1 aliphatic heterocycles. The van der Waals surface area contributed by atoms with Crippen molar-refractivity contribution in [3.8, 4) is 56.3 Å². The predicted molar refractivity (Wildman–Crippen MR) is 298 cm³/mol. The van der Waals surface area contributed by atoms with E-state index in [-0.39, 0.29) is 0 Å². The van der Waals surface area contributed by atoms with Crippen LogP contribution in [0.5, 0.6) is 11.5 Å². The summed E-state index contributed by atoms with van der Waals surface area (Å²) in [5, 5.41) is 9.57. The molecule has 0 bridgehead atoms. The minimum atomic E-state index is -0.709. The number of hydrogen-bond acceptors (Lipinski definition) is 1. The van der Waals surface area contributed by atoms with Crippen LogP contribution in [0.3, 0.4) is 0 Å². The van der Waals surface area contributed by atoms with Gasteiger partial charge in [-0.25, -0.2) is 0 Å². The summed E-state index contributed by atoms with van der Waals surface area (Å²) in [6, 6.07) is 94.1. The number of rotatable bonds is 4. The Bertz CT molecular complexity index is 4190. The number of nitrogens with zero attached hydrogens (tertiary/aromatic N) is 2. The summed E-state index contributed by atoms with van der Waals surface area (Å²) < 4.78 is 12.1. The molecular formula is C69H42N2O. The third kappa shape index (κ3) is 5.34. The highest BCUT2D eigenvalue weighted by atomic mass is 16.5. The van der Waals surface area contributed by atoms with Crippen molar-refractivity contribution in [3.05, 3.63) is 277 Å². The predicted octanol–water partition coefficient (Wildman–Crippen LogP) is 18.0. The van der Waals surface area contributed by atoms with Crippen molar-refractivity contribution in [2.24, 2.45) is 0 Å². The molecule has 0 saturated heterocycles. The first kappa shape index (κ1) is 39.4. The summed E-state index contributed by atoms with van der Waals surface area (Å²) in [5.74, 6) is 1.83. The van der Waals surface area contributed by atoms with Gasteiger partial charge in [0.1, 0.15) is 11.5 Å². The lowest BCUT2D eigenvalue weighted by Gasteiger charge is -2.40. The highest BCUT2D eigenvalue weighted by Gasteiger charge is 2.52. The van der Waals surface area contributed by atoms with E-state index in [4.69, 9.17) is 4.74 Å². The van der Waals surface area contributed by atoms with E-state index in [1.807, 2.05) is 0 Å². The number of ether oxygens (including phenoxy) is 1. The van der Waals surface area contributed by atoms with E-state index in [0.717, 1.165) is 55.5 Å². The molecule has 72 heavy (non-hydrogen) atoms. The first-order chi connectivity index (χ1) is 35.7. The zero-order valence-electron chi connectivity index (χ0n) is 39.1. The zero-order valence-corrected chi connectivity index (χ0v) is 39.1. The molecule has 12 aromatic carbocycles. The summed E-state index contributed by atoms with van der Waals surface area (Å²) in [6.07, 6.45) is 0. The van der Waals surface area contributed by atoms with Crippen LogP contribution in [-0.4, -0.2) is 9.13 Å². The van der Waals surface area contributed by atoms with Crippen molar-refractivity contribution in [2.45, 2.75) is 5.41 Å². The fraction of sp³-hybridized carbons (Fsp3) is 0.0145. The molecule has 0 saturated carbocycles. The molecule has 0 fully saturated rings. The Labute approximate surface area is 415 Å². The molecule has 0 unspecified atom stereocenters. The number of para-hydroxylation sites is 4. The molecule has 14 aromatic rings. The second-order valence-corrected chi connectivity index (χ2v) is 19.5. The Balaban J connectivity index is 0.910. The normalized spacial score (nSPS) is 13.2. The van der Waals surface area contributed by atoms with Crippen LogP contribution in [-0.2, 0) is 5.41 Å². The van der Waals surface area contributed by atoms with Crippen LogP contribution in [0.15, 0.2) is 255 Å². The van der Waals surface area contributed by atoms with Crippen molar-refractivity contribution < 1.29 is 4.74 Å². The van der Waals surface area contributed by atoms with Crippen LogP contribution in [0.25, 0.3) is 110 Å². The lowest BCUT2D eigenvalue weighted by Crippen LogP contribution is -2.32. The van der Waals surface area contributed by atoms with E-state index in [9.17, 15) is 0 Å². The largest absolute Gasteiger partial charge is 0.455 e. The lowest BCUT2D eigenvalue weighted by atomic mass is 9.65. The standard InChI is InChI=1S/C69H42N2O/c1-3-15-51-45(13-1)31-39-59-67(51)72-68-52-16-4-2-14-46(52)32-40-60(68)69(59)61-41-47(43-25-33-49(34-26-43)70-63-21-9-5-17-55(63)56-18-6-10-22-64(56)70)29-37-53(61)54-38-30-48(42-62(54)69)44-27-35-50(36-28-44)71-65-23-11-7-19-57(65)58-20-8-12-24-66(58)71/h1-42H. The molecule has 2 aromatic heterocycles. The second-order valence-electron chi connectivity index (χ2n) is 19.5. The maximum absolute atomic E-state index is 7.37. The topological polar surface area (TPSA) is 19.1 Å². The highest BCUT2D eigenvalue weighted by molar-refractivity contribution is 6.10. The smallest absolute Gasteiger partial charge is 0.140 e. The molecule has 3 heteroatoms. The van der Waals surface area contributed by atoms with Gasteiger partial charge >= 0.3 is 0 Å². The van der Waals surface area contributed by atoms with Crippen LogP contribution < -0.4 is 4.74 Å².